The molecule has 4 rings (SSSR count). The number of amides is 2. The second kappa shape index (κ2) is 11.6. The molecular formula is C27H36F2N4O3. The molecule has 0 bridgehead atoms. The summed E-state index contributed by atoms with van der Waals surface area (Å²) in [6.45, 7) is 5.32. The number of aliphatic imine (C=N–C) groups is 1. The number of rotatable bonds is 8. The third-order valence-corrected chi connectivity index (χ3v) is 7.54. The van der Waals surface area contributed by atoms with Crippen LogP contribution in [-0.4, -0.2) is 54.4 Å². The fourth-order valence-corrected chi connectivity index (χ4v) is 5.43. The van der Waals surface area contributed by atoms with E-state index in [1.807, 2.05) is 30.2 Å². The number of alkyl halides is 2. The molecule has 9 heteroatoms. The Morgan fingerprint density at radius 1 is 1.28 bits per heavy atom. The Morgan fingerprint density at radius 3 is 2.64 bits per heavy atom. The summed E-state index contributed by atoms with van der Waals surface area (Å²) in [5, 5.41) is 7.76. The summed E-state index contributed by atoms with van der Waals surface area (Å²) in [6, 6.07) is 5.87. The first-order chi connectivity index (χ1) is 17.2. The molecule has 1 aromatic carbocycles. The van der Waals surface area contributed by atoms with Crippen molar-refractivity contribution in [1.82, 2.24) is 10.4 Å². The van der Waals surface area contributed by atoms with Crippen molar-refractivity contribution >= 4 is 23.3 Å². The lowest BCUT2D eigenvalue weighted by molar-refractivity contribution is -0.176. The monoisotopic (exact) mass is 502 g/mol. The summed E-state index contributed by atoms with van der Waals surface area (Å²) >= 11 is 0. The molecule has 7 nitrogen and oxygen atoms in total. The van der Waals surface area contributed by atoms with Crippen LogP contribution < -0.4 is 10.6 Å². The SMILES string of the molecule is CC(=O)Nc1ccc(CCON2CCC3(CC2)N=C(C2CCC(/C=C/C(F)F)CC2)NC3=O)c(C)c1. The number of halogens is 2. The first kappa shape index (κ1) is 26.4. The molecule has 2 N–H and O–H groups in total. The van der Waals surface area contributed by atoms with Gasteiger partial charge in [0.1, 0.15) is 11.4 Å². The quantitative estimate of drug-likeness (QED) is 0.516. The Bertz CT molecular complexity index is 1010. The normalized spacial score (nSPS) is 24.4. The van der Waals surface area contributed by atoms with Gasteiger partial charge in [-0.2, -0.15) is 5.06 Å². The van der Waals surface area contributed by atoms with Gasteiger partial charge in [-0.05, 0) is 87.1 Å². The number of nitrogens with zero attached hydrogens (tertiary/aromatic N) is 2. The fraction of sp³-hybridized carbons (Fsp3) is 0.593. The van der Waals surface area contributed by atoms with Crippen LogP contribution in [0.5, 0.6) is 0 Å². The summed E-state index contributed by atoms with van der Waals surface area (Å²) in [5.41, 5.74) is 2.35. The van der Waals surface area contributed by atoms with Crippen LogP contribution in [0.3, 0.4) is 0 Å². The highest BCUT2D eigenvalue weighted by molar-refractivity contribution is 6.09. The number of piperidine rings is 1. The number of anilines is 1. The molecule has 2 fully saturated rings. The second-order valence-electron chi connectivity index (χ2n) is 10.1. The Labute approximate surface area is 211 Å². The lowest BCUT2D eigenvalue weighted by Gasteiger charge is -2.34. The van der Waals surface area contributed by atoms with Gasteiger partial charge in [-0.3, -0.25) is 19.4 Å². The lowest BCUT2D eigenvalue weighted by atomic mass is 9.81. The van der Waals surface area contributed by atoms with Gasteiger partial charge in [0.15, 0.2) is 0 Å². The Hall–Kier alpha value is -2.65. The molecule has 2 amide bonds. The predicted octanol–water partition coefficient (Wildman–Crippen LogP) is 4.42. The van der Waals surface area contributed by atoms with Crippen molar-refractivity contribution in [2.45, 2.75) is 70.8 Å². The maximum Gasteiger partial charge on any atom is 0.257 e. The van der Waals surface area contributed by atoms with E-state index in [4.69, 9.17) is 9.83 Å². The highest BCUT2D eigenvalue weighted by Crippen LogP contribution is 2.36. The zero-order valence-corrected chi connectivity index (χ0v) is 21.1. The van der Waals surface area contributed by atoms with Gasteiger partial charge in [-0.1, -0.05) is 12.1 Å². The number of hydrogen-bond donors (Lipinski definition) is 2. The van der Waals surface area contributed by atoms with E-state index in [0.29, 0.717) is 32.5 Å². The van der Waals surface area contributed by atoms with Crippen molar-refractivity contribution in [3.8, 4) is 0 Å². The van der Waals surface area contributed by atoms with Gasteiger partial charge < -0.3 is 10.6 Å². The van der Waals surface area contributed by atoms with Crippen molar-refractivity contribution in [1.29, 1.82) is 0 Å². The van der Waals surface area contributed by atoms with E-state index in [1.54, 1.807) is 6.08 Å². The van der Waals surface area contributed by atoms with Crippen LogP contribution in [0.2, 0.25) is 0 Å². The van der Waals surface area contributed by atoms with Crippen molar-refractivity contribution in [2.75, 3.05) is 25.0 Å². The number of benzene rings is 1. The Kier molecular flexibility index (Phi) is 8.51. The summed E-state index contributed by atoms with van der Waals surface area (Å²) < 4.78 is 24.8. The molecule has 2 heterocycles. The molecule has 0 atom stereocenters. The average Bonchev–Trinajstić information content (AvgIpc) is 3.16. The summed E-state index contributed by atoms with van der Waals surface area (Å²) in [5.74, 6) is 1.05. The van der Waals surface area contributed by atoms with Crippen LogP contribution in [0.1, 0.15) is 56.6 Å². The molecule has 1 aromatic rings. The van der Waals surface area contributed by atoms with E-state index in [1.165, 1.54) is 12.5 Å². The molecule has 1 aliphatic carbocycles. The van der Waals surface area contributed by atoms with E-state index in [-0.39, 0.29) is 23.7 Å². The predicted molar refractivity (Wildman–Crippen MR) is 135 cm³/mol. The molecular weight excluding hydrogens is 466 g/mol. The standard InChI is InChI=1S/C27H36F2N4O3/c1-18-17-23(30-19(2)34)9-8-21(18)11-16-36-33-14-12-27(13-15-33)26(35)31-25(32-27)22-6-3-20(4-7-22)5-10-24(28)29/h5,8-10,17,20,22,24H,3-4,6-7,11-16H2,1-2H3,(H,30,34)(H,31,32,35)/b10-5+. The largest absolute Gasteiger partial charge is 0.326 e. The molecule has 0 radical (unpaired) electrons. The van der Waals surface area contributed by atoms with E-state index in [0.717, 1.165) is 55.3 Å². The molecule has 1 saturated heterocycles. The van der Waals surface area contributed by atoms with E-state index >= 15 is 0 Å². The van der Waals surface area contributed by atoms with Gasteiger partial charge in [-0.15, -0.1) is 0 Å². The molecule has 1 spiro atoms. The maximum atomic E-state index is 12.9. The molecule has 3 aliphatic rings. The third kappa shape index (κ3) is 6.56. The average molecular weight is 503 g/mol. The van der Waals surface area contributed by atoms with Crippen molar-refractivity contribution in [2.24, 2.45) is 16.8 Å². The summed E-state index contributed by atoms with van der Waals surface area (Å²) in [7, 11) is 0. The number of aryl methyl sites for hydroxylation is 1. The molecule has 1 saturated carbocycles. The van der Waals surface area contributed by atoms with Crippen molar-refractivity contribution in [3.05, 3.63) is 41.5 Å². The minimum Gasteiger partial charge on any atom is -0.326 e. The highest BCUT2D eigenvalue weighted by Gasteiger charge is 2.47. The molecule has 0 unspecified atom stereocenters. The maximum absolute atomic E-state index is 12.9. The Morgan fingerprint density at radius 2 is 2.00 bits per heavy atom. The van der Waals surface area contributed by atoms with Gasteiger partial charge in [0.2, 0.25) is 5.91 Å². The fourth-order valence-electron chi connectivity index (χ4n) is 5.43. The zero-order chi connectivity index (χ0) is 25.7. The first-order valence-electron chi connectivity index (χ1n) is 12.9. The number of allylic oxidation sites excluding steroid dienone is 2. The summed E-state index contributed by atoms with van der Waals surface area (Å²) in [6.07, 6.45) is 5.58. The minimum absolute atomic E-state index is 0.0215. The molecule has 196 valence electrons. The minimum atomic E-state index is -2.40. The van der Waals surface area contributed by atoms with Crippen LogP contribution >= 0.6 is 0 Å². The van der Waals surface area contributed by atoms with Gasteiger partial charge in [0.05, 0.1) is 6.61 Å². The number of carbonyl (C=O) groups is 2. The third-order valence-electron chi connectivity index (χ3n) is 7.54. The van der Waals surface area contributed by atoms with Crippen LogP contribution in [0.4, 0.5) is 14.5 Å². The van der Waals surface area contributed by atoms with Crippen molar-refractivity contribution < 1.29 is 23.2 Å². The van der Waals surface area contributed by atoms with Crippen LogP contribution in [0.25, 0.3) is 0 Å². The topological polar surface area (TPSA) is 83.0 Å². The lowest BCUT2D eigenvalue weighted by Crippen LogP contribution is -2.49. The Balaban J connectivity index is 1.23. The smallest absolute Gasteiger partial charge is 0.257 e. The van der Waals surface area contributed by atoms with Crippen LogP contribution in [-0.2, 0) is 20.8 Å². The number of hydroxylamine groups is 2. The van der Waals surface area contributed by atoms with E-state index in [9.17, 15) is 18.4 Å². The molecule has 36 heavy (non-hydrogen) atoms. The van der Waals surface area contributed by atoms with Gasteiger partial charge in [0.25, 0.3) is 12.3 Å². The number of carbonyl (C=O) groups excluding carboxylic acids is 2. The van der Waals surface area contributed by atoms with Crippen LogP contribution in [0.15, 0.2) is 35.3 Å². The molecule has 2 aliphatic heterocycles. The van der Waals surface area contributed by atoms with Crippen LogP contribution in [0, 0.1) is 18.8 Å². The number of hydrogen-bond acceptors (Lipinski definition) is 5. The number of nitrogens with one attached hydrogen (secondary N) is 2. The molecule has 0 aromatic heterocycles. The van der Waals surface area contributed by atoms with Crippen molar-refractivity contribution in [3.63, 3.8) is 0 Å². The van der Waals surface area contributed by atoms with Gasteiger partial charge in [-0.25, -0.2) is 8.78 Å². The second-order valence-corrected chi connectivity index (χ2v) is 10.1. The van der Waals surface area contributed by atoms with Gasteiger partial charge >= 0.3 is 0 Å². The summed E-state index contributed by atoms with van der Waals surface area (Å²) in [4.78, 5) is 35.0. The zero-order valence-electron chi connectivity index (χ0n) is 21.1. The van der Waals surface area contributed by atoms with E-state index < -0.39 is 12.0 Å². The first-order valence-corrected chi connectivity index (χ1v) is 12.9. The van der Waals surface area contributed by atoms with Gasteiger partial charge in [0, 0.05) is 31.6 Å². The number of amidine groups is 1. The highest BCUT2D eigenvalue weighted by atomic mass is 19.3. The van der Waals surface area contributed by atoms with E-state index in [2.05, 4.69) is 10.6 Å².